The van der Waals surface area contributed by atoms with Crippen molar-refractivity contribution in [3.8, 4) is 74.0 Å². The van der Waals surface area contributed by atoms with E-state index in [1.54, 1.807) is 0 Å². The third-order valence-electron chi connectivity index (χ3n) is 9.68. The van der Waals surface area contributed by atoms with Gasteiger partial charge in [-0.3, -0.25) is 0 Å². The molecule has 0 bridgehead atoms. The van der Waals surface area contributed by atoms with Gasteiger partial charge in [-0.2, -0.15) is 0 Å². The highest BCUT2D eigenvalue weighted by Crippen LogP contribution is 2.41. The Morgan fingerprint density at radius 3 is 1.11 bits per heavy atom. The molecule has 0 radical (unpaired) electrons. The van der Waals surface area contributed by atoms with Crippen molar-refractivity contribution >= 4 is 21.8 Å². The molecular formula is C48H31N7. The van der Waals surface area contributed by atoms with E-state index in [2.05, 4.69) is 65.2 Å². The second-order valence-corrected chi connectivity index (χ2v) is 13.2. The molecule has 7 nitrogen and oxygen atoms in total. The van der Waals surface area contributed by atoms with Crippen LogP contribution in [-0.2, 0) is 0 Å². The lowest BCUT2D eigenvalue weighted by Gasteiger charge is -2.14. The van der Waals surface area contributed by atoms with Gasteiger partial charge in [0.05, 0.1) is 11.0 Å². The summed E-state index contributed by atoms with van der Waals surface area (Å²) in [5.74, 6) is 3.45. The van der Waals surface area contributed by atoms with E-state index in [1.165, 1.54) is 0 Å². The molecule has 0 aliphatic rings. The van der Waals surface area contributed by atoms with Crippen molar-refractivity contribution in [2.75, 3.05) is 0 Å². The van der Waals surface area contributed by atoms with Crippen LogP contribution in [0.25, 0.3) is 95.8 Å². The first-order valence-corrected chi connectivity index (χ1v) is 18.1. The number of rotatable bonds is 7. The van der Waals surface area contributed by atoms with Crippen LogP contribution in [0.4, 0.5) is 0 Å². The first kappa shape index (κ1) is 32.0. The van der Waals surface area contributed by atoms with Crippen molar-refractivity contribution in [1.29, 1.82) is 0 Å². The molecule has 7 heteroatoms. The topological polar surface area (TPSA) is 82.3 Å². The number of para-hydroxylation sites is 2. The number of fused-ring (bicyclic) bond motifs is 3. The van der Waals surface area contributed by atoms with Gasteiger partial charge in [-0.25, -0.2) is 29.9 Å². The lowest BCUT2D eigenvalue weighted by atomic mass is 10.0. The Morgan fingerprint density at radius 2 is 0.655 bits per heavy atom. The molecule has 10 rings (SSSR count). The van der Waals surface area contributed by atoms with Gasteiger partial charge in [0, 0.05) is 49.8 Å². The van der Waals surface area contributed by atoms with Gasteiger partial charge in [0.15, 0.2) is 34.9 Å². The Balaban J connectivity index is 1.32. The zero-order chi connectivity index (χ0) is 36.6. The number of hydrogen-bond donors (Lipinski definition) is 0. The predicted molar refractivity (Wildman–Crippen MR) is 220 cm³/mol. The van der Waals surface area contributed by atoms with E-state index < -0.39 is 0 Å². The molecule has 0 N–H and O–H groups in total. The molecule has 0 saturated carbocycles. The van der Waals surface area contributed by atoms with E-state index >= 15 is 0 Å². The molecule has 7 aromatic carbocycles. The second-order valence-electron chi connectivity index (χ2n) is 13.2. The smallest absolute Gasteiger partial charge is 0.166 e. The fourth-order valence-corrected chi connectivity index (χ4v) is 7.11. The van der Waals surface area contributed by atoms with Gasteiger partial charge in [0.2, 0.25) is 0 Å². The molecule has 0 fully saturated rings. The van der Waals surface area contributed by atoms with Crippen LogP contribution >= 0.6 is 0 Å². The average molecular weight is 706 g/mol. The van der Waals surface area contributed by atoms with Crippen molar-refractivity contribution in [3.05, 3.63) is 188 Å². The summed E-state index contributed by atoms with van der Waals surface area (Å²) in [6.07, 6.45) is 0. The standard InChI is InChI=1S/C48H31N7/c1-6-18-32(19-7-1)43-49-44(33-20-8-2-9-21-33)52-47(51-43)36-30-39-38-28-16-17-29-41(38)55(37-26-14-5-15-27-37)42(39)40(31-36)48-53-45(34-22-10-3-11-23-34)50-46(54-48)35-24-12-4-13-25-35/h1-31H. The van der Waals surface area contributed by atoms with Crippen molar-refractivity contribution in [2.24, 2.45) is 0 Å². The Hall–Kier alpha value is -7.64. The second kappa shape index (κ2) is 13.7. The molecule has 258 valence electrons. The van der Waals surface area contributed by atoms with E-state index in [9.17, 15) is 0 Å². The van der Waals surface area contributed by atoms with Crippen LogP contribution in [-0.4, -0.2) is 34.5 Å². The van der Waals surface area contributed by atoms with Gasteiger partial charge in [-0.1, -0.05) is 158 Å². The largest absolute Gasteiger partial charge is 0.308 e. The first-order valence-electron chi connectivity index (χ1n) is 18.1. The van der Waals surface area contributed by atoms with Crippen LogP contribution in [0.2, 0.25) is 0 Å². The molecule has 0 aliphatic heterocycles. The normalized spacial score (nSPS) is 11.3. The van der Waals surface area contributed by atoms with Crippen molar-refractivity contribution in [2.45, 2.75) is 0 Å². The van der Waals surface area contributed by atoms with Gasteiger partial charge in [0.25, 0.3) is 0 Å². The molecule has 0 spiro atoms. The van der Waals surface area contributed by atoms with E-state index in [4.69, 9.17) is 29.9 Å². The summed E-state index contributed by atoms with van der Waals surface area (Å²) in [6, 6.07) is 63.4. The monoisotopic (exact) mass is 705 g/mol. The predicted octanol–water partition coefficient (Wildman–Crippen LogP) is 11.2. The Bertz CT molecular complexity index is 2830. The minimum Gasteiger partial charge on any atom is -0.308 e. The van der Waals surface area contributed by atoms with Crippen molar-refractivity contribution in [1.82, 2.24) is 34.5 Å². The molecule has 10 aromatic rings. The summed E-state index contributed by atoms with van der Waals surface area (Å²) in [7, 11) is 0. The maximum Gasteiger partial charge on any atom is 0.166 e. The third-order valence-corrected chi connectivity index (χ3v) is 9.68. The van der Waals surface area contributed by atoms with E-state index in [0.717, 1.165) is 60.9 Å². The summed E-state index contributed by atoms with van der Waals surface area (Å²) < 4.78 is 2.30. The van der Waals surface area contributed by atoms with Gasteiger partial charge < -0.3 is 4.57 Å². The highest BCUT2D eigenvalue weighted by molar-refractivity contribution is 6.14. The quantitative estimate of drug-likeness (QED) is 0.164. The van der Waals surface area contributed by atoms with Gasteiger partial charge in [-0.05, 0) is 30.3 Å². The van der Waals surface area contributed by atoms with Gasteiger partial charge >= 0.3 is 0 Å². The summed E-state index contributed by atoms with van der Waals surface area (Å²) in [6.45, 7) is 0. The summed E-state index contributed by atoms with van der Waals surface area (Å²) in [5, 5.41) is 2.11. The van der Waals surface area contributed by atoms with Crippen LogP contribution in [0.15, 0.2) is 188 Å². The number of hydrogen-bond acceptors (Lipinski definition) is 6. The minimum absolute atomic E-state index is 0.542. The lowest BCUT2D eigenvalue weighted by Crippen LogP contribution is -2.03. The fraction of sp³-hybridized carbons (Fsp3) is 0. The molecule has 0 saturated heterocycles. The van der Waals surface area contributed by atoms with E-state index in [1.807, 2.05) is 127 Å². The van der Waals surface area contributed by atoms with Crippen LogP contribution in [0.3, 0.4) is 0 Å². The maximum absolute atomic E-state index is 5.23. The summed E-state index contributed by atoms with van der Waals surface area (Å²) in [5.41, 5.74) is 8.32. The van der Waals surface area contributed by atoms with Crippen LogP contribution in [0.5, 0.6) is 0 Å². The zero-order valence-corrected chi connectivity index (χ0v) is 29.5. The highest BCUT2D eigenvalue weighted by Gasteiger charge is 2.23. The Morgan fingerprint density at radius 1 is 0.291 bits per heavy atom. The SMILES string of the molecule is c1ccc(-c2nc(-c3ccccc3)nc(-c3cc(-c4nc(-c5ccccc5)nc(-c5ccccc5)n4)c4c(c3)c3ccccc3n4-c3ccccc3)n2)cc1. The molecule has 0 amide bonds. The van der Waals surface area contributed by atoms with Crippen molar-refractivity contribution < 1.29 is 0 Å². The molecule has 0 unspecified atom stereocenters. The molecule has 55 heavy (non-hydrogen) atoms. The van der Waals surface area contributed by atoms with Gasteiger partial charge in [-0.15, -0.1) is 0 Å². The third kappa shape index (κ3) is 5.99. The number of nitrogens with zero attached hydrogens (tertiary/aromatic N) is 7. The number of benzene rings is 7. The van der Waals surface area contributed by atoms with E-state index in [-0.39, 0.29) is 0 Å². The van der Waals surface area contributed by atoms with Crippen LogP contribution in [0, 0.1) is 0 Å². The number of aromatic nitrogens is 7. The lowest BCUT2D eigenvalue weighted by molar-refractivity contribution is 1.07. The average Bonchev–Trinajstić information content (AvgIpc) is 3.61. The minimum atomic E-state index is 0.542. The summed E-state index contributed by atoms with van der Waals surface area (Å²) in [4.78, 5) is 30.7. The van der Waals surface area contributed by atoms with Crippen LogP contribution < -0.4 is 0 Å². The maximum atomic E-state index is 5.23. The zero-order valence-electron chi connectivity index (χ0n) is 29.5. The van der Waals surface area contributed by atoms with Crippen LogP contribution in [0.1, 0.15) is 0 Å². The molecule has 3 heterocycles. The van der Waals surface area contributed by atoms with Crippen molar-refractivity contribution in [3.63, 3.8) is 0 Å². The molecular weight excluding hydrogens is 675 g/mol. The highest BCUT2D eigenvalue weighted by atomic mass is 15.1. The Labute approximate surface area is 317 Å². The van der Waals surface area contributed by atoms with Gasteiger partial charge in [0.1, 0.15) is 0 Å². The summed E-state index contributed by atoms with van der Waals surface area (Å²) >= 11 is 0. The molecule has 0 aliphatic carbocycles. The fourth-order valence-electron chi connectivity index (χ4n) is 7.11. The molecule has 0 atom stereocenters. The first-order chi connectivity index (χ1) is 27.3. The molecule has 3 aromatic heterocycles. The Kier molecular flexibility index (Phi) is 8.00. The van der Waals surface area contributed by atoms with E-state index in [0.29, 0.717) is 34.9 Å².